The van der Waals surface area contributed by atoms with E-state index in [0.717, 1.165) is 16.7 Å². The van der Waals surface area contributed by atoms with Crippen molar-refractivity contribution in [3.05, 3.63) is 81.6 Å². The first-order valence-corrected chi connectivity index (χ1v) is 9.78. The number of hydrogen-bond donors (Lipinski definition) is 0. The van der Waals surface area contributed by atoms with Gasteiger partial charge in [-0.25, -0.2) is 14.8 Å². The lowest BCUT2D eigenvalue weighted by atomic mass is 10.1. The topological polar surface area (TPSA) is 52.1 Å². The van der Waals surface area contributed by atoms with E-state index in [1.165, 1.54) is 23.5 Å². The number of rotatable bonds is 5. The molecule has 0 amide bonds. The number of halogens is 1. The van der Waals surface area contributed by atoms with E-state index >= 15 is 0 Å². The van der Waals surface area contributed by atoms with Crippen LogP contribution in [0.4, 0.5) is 0 Å². The fourth-order valence-electron chi connectivity index (χ4n) is 2.66. The van der Waals surface area contributed by atoms with Gasteiger partial charge in [0.25, 0.3) is 0 Å². The Balaban J connectivity index is 1.75. The summed E-state index contributed by atoms with van der Waals surface area (Å²) in [6, 6.07) is 13.8. The number of carbonyl (C=O) groups excluding carboxylic acids is 1. The van der Waals surface area contributed by atoms with Crippen LogP contribution in [0.15, 0.2) is 53.8 Å². The molecule has 1 heterocycles. The summed E-state index contributed by atoms with van der Waals surface area (Å²) in [6.07, 6.45) is 1.44. The van der Waals surface area contributed by atoms with Crippen LogP contribution >= 0.6 is 23.4 Å². The zero-order chi connectivity index (χ0) is 19.4. The zero-order valence-electron chi connectivity index (χ0n) is 15.3. The molecule has 0 aliphatic carbocycles. The Labute approximate surface area is 168 Å². The van der Waals surface area contributed by atoms with Gasteiger partial charge in [0.1, 0.15) is 5.75 Å². The molecule has 3 aromatic rings. The number of thioether (sulfide) groups is 1. The maximum Gasteiger partial charge on any atom is 0.364 e. The lowest BCUT2D eigenvalue weighted by molar-refractivity contribution is 0.0727. The van der Waals surface area contributed by atoms with Gasteiger partial charge in [-0.05, 0) is 49.6 Å². The van der Waals surface area contributed by atoms with Crippen LogP contribution in [0.3, 0.4) is 0 Å². The van der Waals surface area contributed by atoms with Crippen molar-refractivity contribution in [1.29, 1.82) is 0 Å². The number of ether oxygens (including phenoxy) is 1. The molecule has 0 radical (unpaired) electrons. The average Bonchev–Trinajstić information content (AvgIpc) is 2.60. The number of esters is 1. The highest BCUT2D eigenvalue weighted by atomic mass is 35.5. The smallest absolute Gasteiger partial charge is 0.364 e. The number of aromatic nitrogens is 2. The van der Waals surface area contributed by atoms with Crippen LogP contribution in [0.25, 0.3) is 0 Å². The Bertz CT molecular complexity index is 971. The summed E-state index contributed by atoms with van der Waals surface area (Å²) >= 11 is 7.57. The van der Waals surface area contributed by atoms with E-state index in [1.807, 2.05) is 45.0 Å². The summed E-state index contributed by atoms with van der Waals surface area (Å²) in [6.45, 7) is 5.94. The van der Waals surface area contributed by atoms with Gasteiger partial charge >= 0.3 is 5.97 Å². The number of benzene rings is 2. The predicted molar refractivity (Wildman–Crippen MR) is 109 cm³/mol. The molecule has 138 valence electrons. The molecular weight excluding hydrogens is 380 g/mol. The molecule has 0 N–H and O–H groups in total. The maximum atomic E-state index is 12.5. The number of nitrogens with zero attached hydrogens (tertiary/aromatic N) is 2. The minimum absolute atomic E-state index is 0.0672. The highest BCUT2D eigenvalue weighted by molar-refractivity contribution is 7.98. The standard InChI is InChI=1S/C21H19ClN2O2S/c1-13-5-4-6-16(8-13)12-27-21-23-11-18(22)19(24-21)20(25)26-17-9-14(2)7-15(3)10-17/h4-11H,12H2,1-3H3. The van der Waals surface area contributed by atoms with Crippen molar-refractivity contribution in [2.24, 2.45) is 0 Å². The fraction of sp³-hybridized carbons (Fsp3) is 0.190. The number of carbonyl (C=O) groups is 1. The first-order chi connectivity index (χ1) is 12.9. The minimum Gasteiger partial charge on any atom is -0.422 e. The Hall–Kier alpha value is -2.37. The first kappa shape index (κ1) is 19.4. The van der Waals surface area contributed by atoms with Gasteiger partial charge < -0.3 is 4.74 Å². The quantitative estimate of drug-likeness (QED) is 0.243. The molecule has 0 unspecified atom stereocenters. The fourth-order valence-corrected chi connectivity index (χ4v) is 3.59. The van der Waals surface area contributed by atoms with Gasteiger partial charge in [-0.1, -0.05) is 59.3 Å². The molecule has 4 nitrogen and oxygen atoms in total. The molecule has 0 saturated carbocycles. The van der Waals surface area contributed by atoms with Crippen molar-refractivity contribution in [2.75, 3.05) is 0 Å². The molecule has 0 aliphatic rings. The Morgan fingerprint density at radius 3 is 2.52 bits per heavy atom. The molecule has 0 saturated heterocycles. The van der Waals surface area contributed by atoms with E-state index in [2.05, 4.69) is 16.0 Å². The molecule has 0 fully saturated rings. The van der Waals surface area contributed by atoms with Crippen LogP contribution in [-0.2, 0) is 5.75 Å². The highest BCUT2D eigenvalue weighted by Gasteiger charge is 2.17. The molecule has 6 heteroatoms. The summed E-state index contributed by atoms with van der Waals surface area (Å²) in [5, 5.41) is 0.651. The van der Waals surface area contributed by atoms with Crippen molar-refractivity contribution in [3.63, 3.8) is 0 Å². The minimum atomic E-state index is -0.593. The van der Waals surface area contributed by atoms with Gasteiger partial charge in [-0.15, -0.1) is 0 Å². The van der Waals surface area contributed by atoms with Crippen molar-refractivity contribution in [2.45, 2.75) is 31.7 Å². The predicted octanol–water partition coefficient (Wildman–Crippen LogP) is 5.57. The van der Waals surface area contributed by atoms with E-state index < -0.39 is 5.97 Å². The van der Waals surface area contributed by atoms with E-state index in [1.54, 1.807) is 12.1 Å². The molecule has 2 aromatic carbocycles. The van der Waals surface area contributed by atoms with Crippen LogP contribution in [0, 0.1) is 20.8 Å². The lowest BCUT2D eigenvalue weighted by Gasteiger charge is -2.08. The first-order valence-electron chi connectivity index (χ1n) is 8.42. The van der Waals surface area contributed by atoms with E-state index in [4.69, 9.17) is 16.3 Å². The Morgan fingerprint density at radius 1 is 1.07 bits per heavy atom. The van der Waals surface area contributed by atoms with Gasteiger partial charge in [-0.3, -0.25) is 0 Å². The summed E-state index contributed by atoms with van der Waals surface area (Å²) in [4.78, 5) is 21.0. The summed E-state index contributed by atoms with van der Waals surface area (Å²) < 4.78 is 5.45. The third-order valence-corrected chi connectivity index (χ3v) is 4.98. The molecule has 0 atom stereocenters. The summed E-state index contributed by atoms with van der Waals surface area (Å²) in [5.41, 5.74) is 4.46. The zero-order valence-corrected chi connectivity index (χ0v) is 16.9. The lowest BCUT2D eigenvalue weighted by Crippen LogP contribution is -2.12. The Morgan fingerprint density at radius 2 is 1.81 bits per heavy atom. The third-order valence-electron chi connectivity index (χ3n) is 3.77. The second-order valence-electron chi connectivity index (χ2n) is 6.34. The van der Waals surface area contributed by atoms with Gasteiger partial charge in [0.15, 0.2) is 10.9 Å². The van der Waals surface area contributed by atoms with Crippen LogP contribution < -0.4 is 4.74 Å². The Kier molecular flexibility index (Phi) is 6.14. The van der Waals surface area contributed by atoms with Crippen LogP contribution in [0.2, 0.25) is 5.02 Å². The number of aryl methyl sites for hydroxylation is 3. The van der Waals surface area contributed by atoms with Crippen LogP contribution in [0.1, 0.15) is 32.7 Å². The van der Waals surface area contributed by atoms with E-state index in [-0.39, 0.29) is 10.7 Å². The molecule has 0 aliphatic heterocycles. The molecular formula is C21H19ClN2O2S. The van der Waals surface area contributed by atoms with Gasteiger partial charge in [0, 0.05) is 5.75 Å². The summed E-state index contributed by atoms with van der Waals surface area (Å²) in [5.74, 6) is 0.584. The van der Waals surface area contributed by atoms with E-state index in [0.29, 0.717) is 16.7 Å². The van der Waals surface area contributed by atoms with Crippen molar-refractivity contribution in [1.82, 2.24) is 9.97 Å². The second kappa shape index (κ2) is 8.55. The SMILES string of the molecule is Cc1cccc(CSc2ncc(Cl)c(C(=O)Oc3cc(C)cc(C)c3)n2)c1. The molecule has 1 aromatic heterocycles. The highest BCUT2D eigenvalue weighted by Crippen LogP contribution is 2.24. The molecule has 0 bridgehead atoms. The van der Waals surface area contributed by atoms with Crippen molar-refractivity contribution >= 4 is 29.3 Å². The normalized spacial score (nSPS) is 10.7. The van der Waals surface area contributed by atoms with Gasteiger partial charge in [0.05, 0.1) is 11.2 Å². The second-order valence-corrected chi connectivity index (χ2v) is 7.69. The van der Waals surface area contributed by atoms with Gasteiger partial charge in [-0.2, -0.15) is 0 Å². The van der Waals surface area contributed by atoms with E-state index in [9.17, 15) is 4.79 Å². The monoisotopic (exact) mass is 398 g/mol. The van der Waals surface area contributed by atoms with Crippen LogP contribution in [0.5, 0.6) is 5.75 Å². The van der Waals surface area contributed by atoms with Crippen molar-refractivity contribution in [3.8, 4) is 5.75 Å². The third kappa shape index (κ3) is 5.31. The average molecular weight is 399 g/mol. The largest absolute Gasteiger partial charge is 0.422 e. The van der Waals surface area contributed by atoms with Crippen LogP contribution in [-0.4, -0.2) is 15.9 Å². The molecule has 3 rings (SSSR count). The van der Waals surface area contributed by atoms with Gasteiger partial charge in [0.2, 0.25) is 0 Å². The summed E-state index contributed by atoms with van der Waals surface area (Å²) in [7, 11) is 0. The maximum absolute atomic E-state index is 12.5. The molecule has 27 heavy (non-hydrogen) atoms. The number of hydrogen-bond acceptors (Lipinski definition) is 5. The molecule has 0 spiro atoms. The van der Waals surface area contributed by atoms with Crippen molar-refractivity contribution < 1.29 is 9.53 Å².